The van der Waals surface area contributed by atoms with E-state index in [0.29, 0.717) is 25.3 Å². The van der Waals surface area contributed by atoms with Crippen molar-refractivity contribution in [1.29, 1.82) is 0 Å². The number of nitrogens with one attached hydrogen (secondary N) is 1. The Hall–Kier alpha value is -1.34. The van der Waals surface area contributed by atoms with Crippen LogP contribution in [0.5, 0.6) is 5.75 Å². The van der Waals surface area contributed by atoms with Crippen LogP contribution in [-0.4, -0.2) is 27.8 Å². The van der Waals surface area contributed by atoms with Crippen molar-refractivity contribution in [3.05, 3.63) is 24.0 Å². The second kappa shape index (κ2) is 5.83. The number of halogens is 1. The summed E-state index contributed by atoms with van der Waals surface area (Å²) in [6, 6.07) is 3.86. The molecular formula is C10H15FN2O3S. The van der Waals surface area contributed by atoms with Crippen molar-refractivity contribution < 1.29 is 17.5 Å². The molecule has 1 aromatic rings. The lowest BCUT2D eigenvalue weighted by Crippen LogP contribution is -2.24. The molecule has 0 atom stereocenters. The highest BCUT2D eigenvalue weighted by Crippen LogP contribution is 2.21. The van der Waals surface area contributed by atoms with Crippen molar-refractivity contribution in [3.63, 3.8) is 0 Å². The largest absolute Gasteiger partial charge is 0.491 e. The monoisotopic (exact) mass is 262 g/mol. The van der Waals surface area contributed by atoms with Crippen LogP contribution in [0.2, 0.25) is 0 Å². The predicted molar refractivity (Wildman–Crippen MR) is 63.8 cm³/mol. The van der Waals surface area contributed by atoms with Gasteiger partial charge in [-0.1, -0.05) is 0 Å². The van der Waals surface area contributed by atoms with E-state index in [2.05, 4.69) is 4.72 Å². The molecule has 17 heavy (non-hydrogen) atoms. The molecule has 0 aliphatic heterocycles. The number of hydrogen-bond acceptors (Lipinski definition) is 4. The molecule has 0 amide bonds. The van der Waals surface area contributed by atoms with Gasteiger partial charge in [-0.05, 0) is 18.6 Å². The third kappa shape index (κ3) is 5.50. The molecule has 0 aliphatic rings. The van der Waals surface area contributed by atoms with E-state index < -0.39 is 15.8 Å². The lowest BCUT2D eigenvalue weighted by molar-refractivity contribution is 0.313. The zero-order valence-corrected chi connectivity index (χ0v) is 10.3. The van der Waals surface area contributed by atoms with Gasteiger partial charge in [0.2, 0.25) is 10.0 Å². The van der Waals surface area contributed by atoms with Crippen LogP contribution in [0.3, 0.4) is 0 Å². The van der Waals surface area contributed by atoms with Crippen LogP contribution in [0.1, 0.15) is 6.42 Å². The Balaban J connectivity index is 2.32. The molecule has 0 spiro atoms. The van der Waals surface area contributed by atoms with Gasteiger partial charge in [0.05, 0.1) is 18.6 Å². The number of hydrogen-bond donors (Lipinski definition) is 2. The summed E-state index contributed by atoms with van der Waals surface area (Å²) >= 11 is 0. The average molecular weight is 262 g/mol. The molecule has 1 aromatic carbocycles. The van der Waals surface area contributed by atoms with Crippen LogP contribution >= 0.6 is 0 Å². The van der Waals surface area contributed by atoms with Gasteiger partial charge >= 0.3 is 0 Å². The van der Waals surface area contributed by atoms with Crippen LogP contribution in [0.4, 0.5) is 10.1 Å². The lowest BCUT2D eigenvalue weighted by atomic mass is 10.3. The summed E-state index contributed by atoms with van der Waals surface area (Å²) in [6.07, 6.45) is 1.59. The van der Waals surface area contributed by atoms with E-state index in [1.165, 1.54) is 18.2 Å². The zero-order chi connectivity index (χ0) is 12.9. The van der Waals surface area contributed by atoms with E-state index in [9.17, 15) is 12.8 Å². The minimum Gasteiger partial charge on any atom is -0.491 e. The maximum Gasteiger partial charge on any atom is 0.208 e. The first kappa shape index (κ1) is 13.7. The van der Waals surface area contributed by atoms with Crippen LogP contribution in [0, 0.1) is 5.82 Å². The molecule has 7 heteroatoms. The van der Waals surface area contributed by atoms with Gasteiger partial charge < -0.3 is 10.5 Å². The van der Waals surface area contributed by atoms with Gasteiger partial charge in [0.1, 0.15) is 11.6 Å². The first-order chi connectivity index (χ1) is 7.88. The number of nitrogen functional groups attached to an aromatic ring is 1. The van der Waals surface area contributed by atoms with Gasteiger partial charge in [0, 0.05) is 12.6 Å². The Kier molecular flexibility index (Phi) is 4.71. The number of benzene rings is 1. The summed E-state index contributed by atoms with van der Waals surface area (Å²) < 4.78 is 41.8. The topological polar surface area (TPSA) is 81.4 Å². The fourth-order valence-electron chi connectivity index (χ4n) is 1.16. The van der Waals surface area contributed by atoms with Gasteiger partial charge in [-0.15, -0.1) is 0 Å². The molecule has 0 unspecified atom stereocenters. The number of nitrogens with two attached hydrogens (primary N) is 1. The average Bonchev–Trinajstić information content (AvgIpc) is 2.18. The summed E-state index contributed by atoms with van der Waals surface area (Å²) in [6.45, 7) is 0.596. The maximum atomic E-state index is 12.7. The quantitative estimate of drug-likeness (QED) is 0.585. The van der Waals surface area contributed by atoms with E-state index in [4.69, 9.17) is 10.5 Å². The normalized spacial score (nSPS) is 11.4. The van der Waals surface area contributed by atoms with E-state index in [1.54, 1.807) is 0 Å². The second-order valence-corrected chi connectivity index (χ2v) is 5.38. The highest BCUT2D eigenvalue weighted by molar-refractivity contribution is 7.88. The Morgan fingerprint density at radius 2 is 2.18 bits per heavy atom. The van der Waals surface area contributed by atoms with Crippen LogP contribution in [-0.2, 0) is 10.0 Å². The zero-order valence-electron chi connectivity index (χ0n) is 9.44. The Bertz CT molecular complexity index is 476. The number of anilines is 1. The summed E-state index contributed by atoms with van der Waals surface area (Å²) in [7, 11) is -3.16. The fourth-order valence-corrected chi connectivity index (χ4v) is 1.68. The van der Waals surface area contributed by atoms with Crippen molar-refractivity contribution in [3.8, 4) is 5.75 Å². The highest BCUT2D eigenvalue weighted by atomic mass is 32.2. The van der Waals surface area contributed by atoms with Crippen molar-refractivity contribution in [2.24, 2.45) is 0 Å². The van der Waals surface area contributed by atoms with Gasteiger partial charge in [-0.3, -0.25) is 0 Å². The number of sulfonamides is 1. The SMILES string of the molecule is CS(=O)(=O)NCCCOc1ccc(F)cc1N. The molecule has 0 radical (unpaired) electrons. The highest BCUT2D eigenvalue weighted by Gasteiger charge is 2.02. The van der Waals surface area contributed by atoms with Crippen LogP contribution in [0.25, 0.3) is 0 Å². The fraction of sp³-hybridized carbons (Fsp3) is 0.400. The van der Waals surface area contributed by atoms with Crippen molar-refractivity contribution in [2.45, 2.75) is 6.42 Å². The molecular weight excluding hydrogens is 247 g/mol. The van der Waals surface area contributed by atoms with E-state index in [-0.39, 0.29) is 5.69 Å². The first-order valence-electron chi connectivity index (χ1n) is 5.01. The smallest absolute Gasteiger partial charge is 0.208 e. The summed E-state index contributed by atoms with van der Waals surface area (Å²) in [5, 5.41) is 0. The Labute approximate surface area is 99.8 Å². The molecule has 0 saturated heterocycles. The molecule has 96 valence electrons. The molecule has 0 aromatic heterocycles. The molecule has 0 fully saturated rings. The van der Waals surface area contributed by atoms with Gasteiger partial charge in [0.25, 0.3) is 0 Å². The van der Waals surface area contributed by atoms with E-state index in [1.807, 2.05) is 0 Å². The minimum absolute atomic E-state index is 0.223. The van der Waals surface area contributed by atoms with Crippen LogP contribution in [0.15, 0.2) is 18.2 Å². The summed E-state index contributed by atoms with van der Waals surface area (Å²) in [5.41, 5.74) is 5.75. The Morgan fingerprint density at radius 1 is 1.47 bits per heavy atom. The van der Waals surface area contributed by atoms with E-state index in [0.717, 1.165) is 6.26 Å². The molecule has 0 bridgehead atoms. The molecule has 0 aliphatic carbocycles. The van der Waals surface area contributed by atoms with Crippen molar-refractivity contribution in [1.82, 2.24) is 4.72 Å². The third-order valence-electron chi connectivity index (χ3n) is 1.91. The lowest BCUT2D eigenvalue weighted by Gasteiger charge is -2.08. The maximum absolute atomic E-state index is 12.7. The number of rotatable bonds is 6. The third-order valence-corrected chi connectivity index (χ3v) is 2.64. The molecule has 1 rings (SSSR count). The predicted octanol–water partition coefficient (Wildman–Crippen LogP) is 0.726. The van der Waals surface area contributed by atoms with Gasteiger partial charge in [-0.25, -0.2) is 17.5 Å². The molecule has 0 heterocycles. The van der Waals surface area contributed by atoms with Crippen molar-refractivity contribution in [2.75, 3.05) is 25.1 Å². The first-order valence-corrected chi connectivity index (χ1v) is 6.90. The molecule has 0 saturated carbocycles. The van der Waals surface area contributed by atoms with Crippen LogP contribution < -0.4 is 15.2 Å². The Morgan fingerprint density at radius 3 is 2.76 bits per heavy atom. The van der Waals surface area contributed by atoms with Gasteiger partial charge in [-0.2, -0.15) is 0 Å². The number of ether oxygens (including phenoxy) is 1. The standard InChI is InChI=1S/C10H15FN2O3S/c1-17(14,15)13-5-2-6-16-10-4-3-8(11)7-9(10)12/h3-4,7,13H,2,5-6,12H2,1H3. The summed E-state index contributed by atoms with van der Waals surface area (Å²) in [5.74, 6) is -0.0284. The molecule has 3 N–H and O–H groups in total. The van der Waals surface area contributed by atoms with Crippen molar-refractivity contribution >= 4 is 15.7 Å². The molecule has 5 nitrogen and oxygen atoms in total. The minimum atomic E-state index is -3.16. The summed E-state index contributed by atoms with van der Waals surface area (Å²) in [4.78, 5) is 0. The second-order valence-electron chi connectivity index (χ2n) is 3.55. The van der Waals surface area contributed by atoms with Gasteiger partial charge in [0.15, 0.2) is 0 Å². The van der Waals surface area contributed by atoms with E-state index >= 15 is 0 Å².